The Morgan fingerprint density at radius 3 is 2.19 bits per heavy atom. The van der Waals surface area contributed by atoms with E-state index in [2.05, 4.69) is 0 Å². The minimum absolute atomic E-state index is 0.125. The Labute approximate surface area is 189 Å². The van der Waals surface area contributed by atoms with Gasteiger partial charge in [-0.3, -0.25) is 0 Å². The van der Waals surface area contributed by atoms with Crippen molar-refractivity contribution in [3.63, 3.8) is 0 Å². The zero-order chi connectivity index (χ0) is 23.7. The van der Waals surface area contributed by atoms with Crippen LogP contribution in [0, 0.1) is 11.8 Å². The van der Waals surface area contributed by atoms with E-state index in [-0.39, 0.29) is 39.8 Å². The van der Waals surface area contributed by atoms with Crippen molar-refractivity contribution in [2.75, 3.05) is 27.2 Å². The van der Waals surface area contributed by atoms with Gasteiger partial charge in [-0.1, -0.05) is 13.8 Å². The third kappa shape index (κ3) is 5.22. The maximum atomic E-state index is 12.9. The molecule has 0 aliphatic carbocycles. The van der Waals surface area contributed by atoms with E-state index in [0.29, 0.717) is 13.1 Å². The van der Waals surface area contributed by atoms with E-state index in [1.165, 1.54) is 54.8 Å². The molecule has 2 unspecified atom stereocenters. The molecule has 0 bridgehead atoms. The van der Waals surface area contributed by atoms with Crippen molar-refractivity contribution in [2.45, 2.75) is 36.9 Å². The molecule has 3 rings (SSSR count). The van der Waals surface area contributed by atoms with Gasteiger partial charge in [-0.2, -0.15) is 4.31 Å². The van der Waals surface area contributed by atoms with Crippen molar-refractivity contribution >= 4 is 26.0 Å². The summed E-state index contributed by atoms with van der Waals surface area (Å²) in [6, 6.07) is 8.29. The maximum Gasteiger partial charge on any atom is 0.338 e. The van der Waals surface area contributed by atoms with Gasteiger partial charge in [0.2, 0.25) is 15.1 Å². The molecule has 2 atom stereocenters. The summed E-state index contributed by atoms with van der Waals surface area (Å²) in [5, 5.41) is -0.246. The Morgan fingerprint density at radius 2 is 1.62 bits per heavy atom. The minimum Gasteiger partial charge on any atom is -0.454 e. The van der Waals surface area contributed by atoms with Crippen LogP contribution in [0.3, 0.4) is 0 Å². The zero-order valence-electron chi connectivity index (χ0n) is 18.5. The topological polar surface area (TPSA) is 114 Å². The summed E-state index contributed by atoms with van der Waals surface area (Å²) in [7, 11) is -4.59. The highest BCUT2D eigenvalue weighted by molar-refractivity contribution is 7.89. The van der Waals surface area contributed by atoms with Gasteiger partial charge in [-0.05, 0) is 54.7 Å². The third-order valence-electron chi connectivity index (χ3n) is 5.28. The summed E-state index contributed by atoms with van der Waals surface area (Å²) in [4.78, 5) is 12.5. The Morgan fingerprint density at radius 1 is 1.03 bits per heavy atom. The van der Waals surface area contributed by atoms with Gasteiger partial charge in [0.1, 0.15) is 12.4 Å². The Kier molecular flexibility index (Phi) is 7.13. The normalized spacial score (nSPS) is 20.4. The molecule has 176 valence electrons. The second-order valence-electron chi connectivity index (χ2n) is 8.38. The molecule has 2 aromatic rings. The monoisotopic (exact) mass is 484 g/mol. The summed E-state index contributed by atoms with van der Waals surface area (Å²) < 4.78 is 62.9. The van der Waals surface area contributed by atoms with Crippen LogP contribution in [0.1, 0.15) is 36.4 Å². The highest BCUT2D eigenvalue weighted by Gasteiger charge is 2.31. The van der Waals surface area contributed by atoms with E-state index < -0.39 is 26.0 Å². The van der Waals surface area contributed by atoms with Crippen LogP contribution >= 0.6 is 0 Å². The number of sulfonamides is 2. The van der Waals surface area contributed by atoms with E-state index >= 15 is 0 Å². The van der Waals surface area contributed by atoms with E-state index in [9.17, 15) is 21.6 Å². The molecule has 0 radical (unpaired) electrons. The average Bonchev–Trinajstić information content (AvgIpc) is 3.21. The molecule has 11 heteroatoms. The van der Waals surface area contributed by atoms with Gasteiger partial charge < -0.3 is 9.15 Å². The van der Waals surface area contributed by atoms with Crippen LogP contribution in [0.4, 0.5) is 0 Å². The van der Waals surface area contributed by atoms with Crippen LogP contribution in [-0.2, 0) is 31.4 Å². The SMILES string of the molecule is CC1CC(C)CN(S(=O)(=O)c2ccc(C(=O)OCc3ccc(S(=O)(=O)N(C)C)o3)cc2)C1. The van der Waals surface area contributed by atoms with E-state index in [1.807, 2.05) is 13.8 Å². The molecule has 1 aliphatic rings. The Hall–Kier alpha value is -2.21. The summed E-state index contributed by atoms with van der Waals surface area (Å²) in [5.41, 5.74) is 0.178. The fourth-order valence-electron chi connectivity index (χ4n) is 3.69. The first kappa shape index (κ1) is 24.4. The van der Waals surface area contributed by atoms with E-state index in [0.717, 1.165) is 10.7 Å². The van der Waals surface area contributed by atoms with Crippen molar-refractivity contribution in [1.29, 1.82) is 0 Å². The minimum atomic E-state index is -3.72. The number of piperidine rings is 1. The number of esters is 1. The van der Waals surface area contributed by atoms with Gasteiger partial charge in [0, 0.05) is 27.2 Å². The summed E-state index contributed by atoms with van der Waals surface area (Å²) in [6.45, 7) is 4.77. The molecule has 0 N–H and O–H groups in total. The number of carbonyl (C=O) groups is 1. The third-order valence-corrected chi connectivity index (χ3v) is 8.82. The number of ether oxygens (including phenoxy) is 1. The van der Waals surface area contributed by atoms with Crippen LogP contribution in [0.5, 0.6) is 0 Å². The van der Waals surface area contributed by atoms with Gasteiger partial charge in [-0.25, -0.2) is 25.9 Å². The van der Waals surface area contributed by atoms with Gasteiger partial charge in [0.25, 0.3) is 10.0 Å². The fraction of sp³-hybridized carbons (Fsp3) is 0.476. The van der Waals surface area contributed by atoms with Crippen molar-refractivity contribution in [3.8, 4) is 0 Å². The van der Waals surface area contributed by atoms with Crippen LogP contribution in [-0.4, -0.2) is 58.6 Å². The molecule has 1 aromatic carbocycles. The number of carbonyl (C=O) groups excluding carboxylic acids is 1. The summed E-state index contributed by atoms with van der Waals surface area (Å²) in [5.74, 6) is 0.0732. The molecule has 1 fully saturated rings. The molecule has 1 aromatic heterocycles. The summed E-state index contributed by atoms with van der Waals surface area (Å²) >= 11 is 0. The first-order valence-electron chi connectivity index (χ1n) is 10.2. The maximum absolute atomic E-state index is 12.9. The number of benzene rings is 1. The summed E-state index contributed by atoms with van der Waals surface area (Å²) in [6.07, 6.45) is 0.995. The second-order valence-corrected chi connectivity index (χ2v) is 12.4. The number of nitrogens with zero attached hydrogens (tertiary/aromatic N) is 2. The molecule has 0 spiro atoms. The van der Waals surface area contributed by atoms with Crippen LogP contribution in [0.2, 0.25) is 0 Å². The number of rotatable bonds is 7. The lowest BCUT2D eigenvalue weighted by Crippen LogP contribution is -2.42. The fourth-order valence-corrected chi connectivity index (χ4v) is 6.18. The van der Waals surface area contributed by atoms with Crippen molar-refractivity contribution in [1.82, 2.24) is 8.61 Å². The van der Waals surface area contributed by atoms with Gasteiger partial charge in [-0.15, -0.1) is 0 Å². The predicted molar refractivity (Wildman–Crippen MR) is 117 cm³/mol. The van der Waals surface area contributed by atoms with Crippen molar-refractivity contribution < 1.29 is 30.8 Å². The van der Waals surface area contributed by atoms with Crippen molar-refractivity contribution in [3.05, 3.63) is 47.7 Å². The lowest BCUT2D eigenvalue weighted by molar-refractivity contribution is 0.0440. The van der Waals surface area contributed by atoms with E-state index in [1.54, 1.807) is 0 Å². The highest BCUT2D eigenvalue weighted by Crippen LogP contribution is 2.27. The molecule has 1 saturated heterocycles. The standard InChI is InChI=1S/C21H28N2O7S2/c1-15-11-16(2)13-23(12-15)31(25,26)19-8-5-17(6-9-19)21(24)29-14-18-7-10-20(30-18)32(27,28)22(3)4/h5-10,15-16H,11-14H2,1-4H3. The Bertz CT molecular complexity index is 1160. The van der Waals surface area contributed by atoms with Gasteiger partial charge in [0.15, 0.2) is 0 Å². The number of hydrogen-bond acceptors (Lipinski definition) is 7. The molecule has 0 amide bonds. The zero-order valence-corrected chi connectivity index (χ0v) is 20.1. The van der Waals surface area contributed by atoms with Crippen LogP contribution in [0.15, 0.2) is 50.8 Å². The van der Waals surface area contributed by atoms with Crippen molar-refractivity contribution in [2.24, 2.45) is 11.8 Å². The predicted octanol–water partition coefficient (Wildman–Crippen LogP) is 2.55. The lowest BCUT2D eigenvalue weighted by atomic mass is 9.94. The molecule has 0 saturated carbocycles. The molecule has 32 heavy (non-hydrogen) atoms. The molecular formula is C21H28N2O7S2. The highest BCUT2D eigenvalue weighted by atomic mass is 32.2. The Balaban J connectivity index is 1.65. The largest absolute Gasteiger partial charge is 0.454 e. The first-order chi connectivity index (χ1) is 14.9. The molecule has 2 heterocycles. The smallest absolute Gasteiger partial charge is 0.338 e. The average molecular weight is 485 g/mol. The van der Waals surface area contributed by atoms with Gasteiger partial charge >= 0.3 is 5.97 Å². The van der Waals surface area contributed by atoms with Gasteiger partial charge in [0.05, 0.1) is 10.5 Å². The number of hydrogen-bond donors (Lipinski definition) is 0. The second kappa shape index (κ2) is 9.34. The van der Waals surface area contributed by atoms with Crippen LogP contribution < -0.4 is 0 Å². The number of furan rings is 1. The molecule has 1 aliphatic heterocycles. The molecule has 9 nitrogen and oxygen atoms in total. The van der Waals surface area contributed by atoms with E-state index in [4.69, 9.17) is 9.15 Å². The quantitative estimate of drug-likeness (QED) is 0.555. The van der Waals surface area contributed by atoms with Crippen LogP contribution in [0.25, 0.3) is 0 Å². The first-order valence-corrected chi connectivity index (χ1v) is 13.1. The lowest BCUT2D eigenvalue weighted by Gasteiger charge is -2.34. The molecular weight excluding hydrogens is 456 g/mol.